The highest BCUT2D eigenvalue weighted by atomic mass is 16.2. The van der Waals surface area contributed by atoms with Crippen molar-refractivity contribution in [1.82, 2.24) is 9.99 Å². The van der Waals surface area contributed by atoms with E-state index in [9.17, 15) is 9.59 Å². The molecule has 3 fully saturated rings. The fraction of sp³-hybridized carbons (Fsp3) is 0.632. The Morgan fingerprint density at radius 1 is 1.38 bits per heavy atom. The zero-order valence-electron chi connectivity index (χ0n) is 14.2. The average Bonchev–Trinajstić information content (AvgIpc) is 3.04. The van der Waals surface area contributed by atoms with Gasteiger partial charge in [-0.15, -0.1) is 0 Å². The van der Waals surface area contributed by atoms with Crippen LogP contribution in [-0.4, -0.2) is 33.9 Å². The standard InChI is InChI=1S/C19H23N3O2/c1-10-19(2,14-8-13-11-5-6-12(14)17(11)13)18(24)22(21-10)9-16(23)15-4-3-7-20-15/h3-4,7,11-14,17,20H,5-6,8-9H2,1-2H3/t11?,12?,13?,14?,17?,19-/m0/s1. The average molecular weight is 325 g/mol. The molecule has 0 spiro atoms. The third-order valence-corrected chi connectivity index (χ3v) is 7.40. The molecule has 3 aliphatic carbocycles. The second-order valence-corrected chi connectivity index (χ2v) is 8.25. The number of fused-ring (bicyclic) bond motifs is 1. The van der Waals surface area contributed by atoms with Crippen molar-refractivity contribution in [2.75, 3.05) is 6.54 Å². The number of Topliss-reactive ketones (excluding diaryl/α,β-unsaturated/α-hetero) is 1. The minimum atomic E-state index is -0.511. The Bertz CT molecular complexity index is 753. The SMILES string of the molecule is CC1=NN(CC(=O)c2ccc[nH]2)C(=O)[C@]1(C)C1CC2C3CCC1C32. The summed E-state index contributed by atoms with van der Waals surface area (Å²) in [6, 6.07) is 3.53. The molecule has 1 aliphatic heterocycles. The molecule has 5 unspecified atom stereocenters. The molecular weight excluding hydrogens is 302 g/mol. The minimum absolute atomic E-state index is 0.0228. The Morgan fingerprint density at radius 3 is 2.88 bits per heavy atom. The van der Waals surface area contributed by atoms with Gasteiger partial charge in [0.1, 0.15) is 6.54 Å². The number of nitrogens with zero attached hydrogens (tertiary/aromatic N) is 2. The summed E-state index contributed by atoms with van der Waals surface area (Å²) < 4.78 is 0. The second-order valence-electron chi connectivity index (χ2n) is 8.25. The number of amides is 1. The summed E-state index contributed by atoms with van der Waals surface area (Å²) in [5.41, 5.74) is 0.912. The molecule has 1 amide bonds. The molecule has 6 atom stereocenters. The lowest BCUT2D eigenvalue weighted by atomic mass is 9.67. The third-order valence-electron chi connectivity index (χ3n) is 7.40. The Morgan fingerprint density at radius 2 is 2.17 bits per heavy atom. The fourth-order valence-corrected chi connectivity index (χ4v) is 6.04. The summed E-state index contributed by atoms with van der Waals surface area (Å²) in [5.74, 6) is 3.72. The molecule has 126 valence electrons. The van der Waals surface area contributed by atoms with Crippen molar-refractivity contribution in [3.63, 3.8) is 0 Å². The highest BCUT2D eigenvalue weighted by molar-refractivity contribution is 6.12. The van der Waals surface area contributed by atoms with Crippen molar-refractivity contribution >= 4 is 17.4 Å². The number of hydrazone groups is 1. The molecule has 5 heteroatoms. The van der Waals surface area contributed by atoms with E-state index in [4.69, 9.17) is 0 Å². The Kier molecular flexibility index (Phi) is 2.76. The van der Waals surface area contributed by atoms with Gasteiger partial charge < -0.3 is 4.98 Å². The first-order chi connectivity index (χ1) is 11.5. The predicted molar refractivity (Wildman–Crippen MR) is 89.4 cm³/mol. The van der Waals surface area contributed by atoms with Crippen molar-refractivity contribution < 1.29 is 9.59 Å². The molecule has 0 radical (unpaired) electrons. The molecule has 1 aromatic rings. The van der Waals surface area contributed by atoms with Crippen LogP contribution in [0.15, 0.2) is 23.4 Å². The Hall–Kier alpha value is -1.91. The molecule has 3 saturated carbocycles. The molecule has 4 aliphatic rings. The molecule has 5 rings (SSSR count). The van der Waals surface area contributed by atoms with E-state index in [1.54, 1.807) is 18.3 Å². The van der Waals surface area contributed by atoms with Crippen LogP contribution >= 0.6 is 0 Å². The molecule has 2 heterocycles. The largest absolute Gasteiger partial charge is 0.359 e. The van der Waals surface area contributed by atoms with Gasteiger partial charge in [-0.2, -0.15) is 5.10 Å². The van der Waals surface area contributed by atoms with Crippen molar-refractivity contribution in [2.24, 2.45) is 40.1 Å². The van der Waals surface area contributed by atoms with Crippen LogP contribution < -0.4 is 0 Å². The van der Waals surface area contributed by atoms with Crippen LogP contribution in [0.5, 0.6) is 0 Å². The molecule has 0 bridgehead atoms. The van der Waals surface area contributed by atoms with E-state index in [2.05, 4.69) is 17.0 Å². The van der Waals surface area contributed by atoms with Gasteiger partial charge in [-0.1, -0.05) is 0 Å². The van der Waals surface area contributed by atoms with Gasteiger partial charge >= 0.3 is 0 Å². The van der Waals surface area contributed by atoms with Crippen LogP contribution in [0.1, 0.15) is 43.6 Å². The zero-order valence-corrected chi connectivity index (χ0v) is 14.2. The maximum Gasteiger partial charge on any atom is 0.255 e. The minimum Gasteiger partial charge on any atom is -0.359 e. The zero-order chi connectivity index (χ0) is 16.6. The first-order valence-electron chi connectivity index (χ1n) is 9.06. The quantitative estimate of drug-likeness (QED) is 0.865. The van der Waals surface area contributed by atoms with Crippen LogP contribution in [0.4, 0.5) is 0 Å². The Labute approximate surface area is 141 Å². The molecule has 5 nitrogen and oxygen atoms in total. The highest BCUT2D eigenvalue weighted by Gasteiger charge is 2.69. The lowest BCUT2D eigenvalue weighted by molar-refractivity contribution is -0.138. The Balaban J connectivity index is 1.38. The summed E-state index contributed by atoms with van der Waals surface area (Å²) >= 11 is 0. The predicted octanol–water partition coefficient (Wildman–Crippen LogP) is 2.71. The van der Waals surface area contributed by atoms with Gasteiger partial charge in [-0.3, -0.25) is 9.59 Å². The van der Waals surface area contributed by atoms with Gasteiger partial charge in [0.15, 0.2) is 0 Å². The van der Waals surface area contributed by atoms with E-state index >= 15 is 0 Å². The first kappa shape index (κ1) is 14.4. The van der Waals surface area contributed by atoms with Crippen LogP contribution in [0, 0.1) is 35.0 Å². The van der Waals surface area contributed by atoms with Crippen LogP contribution in [0.3, 0.4) is 0 Å². The number of carbonyl (C=O) groups excluding carboxylic acids is 2. The van der Waals surface area contributed by atoms with Gasteiger partial charge in [0, 0.05) is 6.20 Å². The van der Waals surface area contributed by atoms with Crippen LogP contribution in [0.25, 0.3) is 0 Å². The lowest BCUT2D eigenvalue weighted by Gasteiger charge is -2.34. The van der Waals surface area contributed by atoms with E-state index in [-0.39, 0.29) is 18.2 Å². The van der Waals surface area contributed by atoms with Crippen molar-refractivity contribution in [2.45, 2.75) is 33.1 Å². The maximum atomic E-state index is 13.2. The molecular formula is C19H23N3O2. The summed E-state index contributed by atoms with van der Waals surface area (Å²) in [6.07, 6.45) is 5.52. The monoisotopic (exact) mass is 325 g/mol. The summed E-state index contributed by atoms with van der Waals surface area (Å²) in [7, 11) is 0. The first-order valence-corrected chi connectivity index (χ1v) is 9.06. The second kappa shape index (κ2) is 4.58. The number of rotatable bonds is 4. The lowest BCUT2D eigenvalue weighted by Crippen LogP contribution is -2.45. The number of aromatic nitrogens is 1. The van der Waals surface area contributed by atoms with Gasteiger partial charge in [-0.25, -0.2) is 5.01 Å². The molecule has 0 saturated heterocycles. The van der Waals surface area contributed by atoms with E-state index < -0.39 is 5.41 Å². The normalized spacial score (nSPS) is 42.4. The smallest absolute Gasteiger partial charge is 0.255 e. The van der Waals surface area contributed by atoms with E-state index in [1.807, 2.05) is 6.92 Å². The number of H-pyrrole nitrogens is 1. The van der Waals surface area contributed by atoms with Crippen molar-refractivity contribution in [3.05, 3.63) is 24.0 Å². The van der Waals surface area contributed by atoms with E-state index in [0.29, 0.717) is 17.5 Å². The molecule has 1 aromatic heterocycles. The summed E-state index contributed by atoms with van der Waals surface area (Å²) in [5, 5.41) is 5.92. The van der Waals surface area contributed by atoms with Gasteiger partial charge in [0.05, 0.1) is 16.8 Å². The third kappa shape index (κ3) is 1.68. The van der Waals surface area contributed by atoms with Gasteiger partial charge in [-0.05, 0) is 74.8 Å². The number of aromatic amines is 1. The van der Waals surface area contributed by atoms with E-state index in [1.165, 1.54) is 24.3 Å². The van der Waals surface area contributed by atoms with Gasteiger partial charge in [0.25, 0.3) is 5.91 Å². The number of carbonyl (C=O) groups is 2. The fourth-order valence-electron chi connectivity index (χ4n) is 6.04. The number of ketones is 1. The topological polar surface area (TPSA) is 65.5 Å². The van der Waals surface area contributed by atoms with Crippen LogP contribution in [-0.2, 0) is 4.79 Å². The molecule has 0 aromatic carbocycles. The van der Waals surface area contributed by atoms with Crippen LogP contribution in [0.2, 0.25) is 0 Å². The van der Waals surface area contributed by atoms with Crippen molar-refractivity contribution in [3.8, 4) is 0 Å². The molecule has 1 N–H and O–H groups in total. The van der Waals surface area contributed by atoms with E-state index in [0.717, 1.165) is 23.5 Å². The number of hydrogen-bond acceptors (Lipinski definition) is 3. The summed E-state index contributed by atoms with van der Waals surface area (Å²) in [6.45, 7) is 4.06. The molecule has 24 heavy (non-hydrogen) atoms. The maximum absolute atomic E-state index is 13.2. The summed E-state index contributed by atoms with van der Waals surface area (Å²) in [4.78, 5) is 28.4. The number of hydrogen-bond donors (Lipinski definition) is 1. The number of nitrogens with one attached hydrogen (secondary N) is 1. The van der Waals surface area contributed by atoms with Crippen molar-refractivity contribution in [1.29, 1.82) is 0 Å². The highest BCUT2D eigenvalue weighted by Crippen LogP contribution is 2.73. The van der Waals surface area contributed by atoms with Gasteiger partial charge in [0.2, 0.25) is 5.78 Å².